The normalized spacial score (nSPS) is 21.7. The lowest BCUT2D eigenvalue weighted by Gasteiger charge is -2.33. The van der Waals surface area contributed by atoms with E-state index < -0.39 is 16.1 Å². The largest absolute Gasteiger partial charge is 0.393 e. The molecule has 0 saturated carbocycles. The first kappa shape index (κ1) is 16.0. The zero-order chi connectivity index (χ0) is 15.6. The average Bonchev–Trinajstić information content (AvgIpc) is 2.47. The Kier molecular flexibility index (Phi) is 4.67. The molecule has 1 aliphatic heterocycles. The maximum atomic E-state index is 12.8. The molecule has 2 atom stereocenters. The van der Waals surface area contributed by atoms with Crippen LogP contribution in [0.15, 0.2) is 23.1 Å². The van der Waals surface area contributed by atoms with Crippen molar-refractivity contribution in [1.29, 1.82) is 5.26 Å². The molecule has 0 radical (unpaired) electrons. The minimum Gasteiger partial charge on any atom is -0.393 e. The van der Waals surface area contributed by atoms with Crippen LogP contribution in [0.5, 0.6) is 0 Å². The van der Waals surface area contributed by atoms with Gasteiger partial charge in [0, 0.05) is 13.1 Å². The highest BCUT2D eigenvalue weighted by Gasteiger charge is 2.32. The Hall–Kier alpha value is -1.42. The zero-order valence-electron chi connectivity index (χ0n) is 12.3. The smallest absolute Gasteiger partial charge is 0.243 e. The van der Waals surface area contributed by atoms with Crippen molar-refractivity contribution in [1.82, 2.24) is 4.31 Å². The van der Waals surface area contributed by atoms with Crippen molar-refractivity contribution < 1.29 is 13.5 Å². The van der Waals surface area contributed by atoms with Gasteiger partial charge in [-0.05, 0) is 50.3 Å². The monoisotopic (exact) mass is 308 g/mol. The highest BCUT2D eigenvalue weighted by atomic mass is 32.2. The van der Waals surface area contributed by atoms with Gasteiger partial charge in [0.25, 0.3) is 0 Å². The Balaban J connectivity index is 2.36. The Morgan fingerprint density at radius 3 is 2.81 bits per heavy atom. The Morgan fingerprint density at radius 1 is 1.48 bits per heavy atom. The van der Waals surface area contributed by atoms with E-state index in [1.54, 1.807) is 26.0 Å². The van der Waals surface area contributed by atoms with Crippen LogP contribution in [-0.2, 0) is 10.0 Å². The molecule has 1 aliphatic rings. The first-order valence-electron chi connectivity index (χ1n) is 7.05. The summed E-state index contributed by atoms with van der Waals surface area (Å²) in [6.07, 6.45) is 1.06. The summed E-state index contributed by atoms with van der Waals surface area (Å²) >= 11 is 0. The van der Waals surface area contributed by atoms with Gasteiger partial charge in [0.05, 0.1) is 22.6 Å². The van der Waals surface area contributed by atoms with E-state index >= 15 is 0 Å². The molecule has 1 N–H and O–H groups in total. The van der Waals surface area contributed by atoms with Gasteiger partial charge in [0.2, 0.25) is 10.0 Å². The predicted molar refractivity (Wildman–Crippen MR) is 79.1 cm³/mol. The van der Waals surface area contributed by atoms with Crippen LogP contribution >= 0.6 is 0 Å². The molecule has 1 saturated heterocycles. The maximum absolute atomic E-state index is 12.8. The number of sulfonamides is 1. The van der Waals surface area contributed by atoms with Gasteiger partial charge >= 0.3 is 0 Å². The highest BCUT2D eigenvalue weighted by molar-refractivity contribution is 7.89. The number of aryl methyl sites for hydroxylation is 1. The number of hydrogen-bond donors (Lipinski definition) is 1. The second kappa shape index (κ2) is 6.14. The van der Waals surface area contributed by atoms with Crippen LogP contribution in [0.25, 0.3) is 0 Å². The summed E-state index contributed by atoms with van der Waals surface area (Å²) in [5, 5.41) is 18.7. The van der Waals surface area contributed by atoms with E-state index in [9.17, 15) is 13.5 Å². The third-order valence-electron chi connectivity index (χ3n) is 4.04. The summed E-state index contributed by atoms with van der Waals surface area (Å²) in [4.78, 5) is 0.188. The van der Waals surface area contributed by atoms with Gasteiger partial charge in [0.15, 0.2) is 0 Å². The van der Waals surface area contributed by atoms with Crippen LogP contribution in [0.3, 0.4) is 0 Å². The lowest BCUT2D eigenvalue weighted by atomic mass is 9.95. The molecule has 114 valence electrons. The van der Waals surface area contributed by atoms with E-state index in [-0.39, 0.29) is 10.8 Å². The molecular weight excluding hydrogens is 288 g/mol. The van der Waals surface area contributed by atoms with Crippen LogP contribution in [0.1, 0.15) is 30.9 Å². The number of hydrogen-bond acceptors (Lipinski definition) is 4. The van der Waals surface area contributed by atoms with Crippen molar-refractivity contribution in [3.8, 4) is 6.07 Å². The first-order valence-corrected chi connectivity index (χ1v) is 8.49. The topological polar surface area (TPSA) is 81.4 Å². The molecular formula is C15H20N2O3S. The van der Waals surface area contributed by atoms with Crippen LogP contribution in [0, 0.1) is 24.2 Å². The standard InChI is InChI=1S/C15H20N2O3S/c1-11-5-6-13(9-16)8-15(11)21(19,20)17-7-3-4-14(10-17)12(2)18/h5-6,8,12,14,18H,3-4,7,10H2,1-2H3. The minimum atomic E-state index is -3.62. The van der Waals surface area contributed by atoms with Crippen molar-refractivity contribution >= 4 is 10.0 Å². The number of aliphatic hydroxyl groups excluding tert-OH is 1. The van der Waals surface area contributed by atoms with E-state index in [0.717, 1.165) is 12.8 Å². The molecule has 0 aliphatic carbocycles. The average molecular weight is 308 g/mol. The number of piperidine rings is 1. The number of nitrogens with zero attached hydrogens (tertiary/aromatic N) is 2. The SMILES string of the molecule is Cc1ccc(C#N)cc1S(=O)(=O)N1CCCC(C(C)O)C1. The molecule has 1 fully saturated rings. The molecule has 1 aromatic rings. The fraction of sp³-hybridized carbons (Fsp3) is 0.533. The molecule has 0 bridgehead atoms. The highest BCUT2D eigenvalue weighted by Crippen LogP contribution is 2.27. The van der Waals surface area contributed by atoms with Gasteiger partial charge in [-0.25, -0.2) is 8.42 Å². The van der Waals surface area contributed by atoms with Gasteiger partial charge in [-0.15, -0.1) is 0 Å². The summed E-state index contributed by atoms with van der Waals surface area (Å²) < 4.78 is 27.0. The van der Waals surface area contributed by atoms with E-state index in [1.807, 2.05) is 6.07 Å². The molecule has 1 aromatic carbocycles. The second-order valence-electron chi connectivity index (χ2n) is 5.60. The lowest BCUT2D eigenvalue weighted by molar-refractivity contribution is 0.0885. The Labute approximate surface area is 125 Å². The third kappa shape index (κ3) is 3.26. The van der Waals surface area contributed by atoms with Crippen molar-refractivity contribution in [2.75, 3.05) is 13.1 Å². The van der Waals surface area contributed by atoms with Gasteiger partial charge in [-0.1, -0.05) is 6.07 Å². The van der Waals surface area contributed by atoms with Crippen LogP contribution in [-0.4, -0.2) is 37.0 Å². The van der Waals surface area contributed by atoms with E-state index in [2.05, 4.69) is 0 Å². The second-order valence-corrected chi connectivity index (χ2v) is 7.50. The van der Waals surface area contributed by atoms with E-state index in [0.29, 0.717) is 24.2 Å². The van der Waals surface area contributed by atoms with Crippen molar-refractivity contribution in [2.24, 2.45) is 5.92 Å². The minimum absolute atomic E-state index is 0.0343. The number of rotatable bonds is 3. The van der Waals surface area contributed by atoms with E-state index in [1.165, 1.54) is 10.4 Å². The van der Waals surface area contributed by atoms with Gasteiger partial charge in [-0.2, -0.15) is 9.57 Å². The van der Waals surface area contributed by atoms with Crippen LogP contribution < -0.4 is 0 Å². The van der Waals surface area contributed by atoms with Crippen molar-refractivity contribution in [2.45, 2.75) is 37.7 Å². The van der Waals surface area contributed by atoms with Crippen molar-refractivity contribution in [3.63, 3.8) is 0 Å². The summed E-state index contributed by atoms with van der Waals surface area (Å²) in [5.74, 6) is -0.0343. The fourth-order valence-corrected chi connectivity index (χ4v) is 4.46. The van der Waals surface area contributed by atoms with Crippen LogP contribution in [0.4, 0.5) is 0 Å². The molecule has 0 spiro atoms. The van der Waals surface area contributed by atoms with Gasteiger partial charge < -0.3 is 5.11 Å². The molecule has 0 aromatic heterocycles. The summed E-state index contributed by atoms with van der Waals surface area (Å²) in [7, 11) is -3.62. The summed E-state index contributed by atoms with van der Waals surface area (Å²) in [6.45, 7) is 4.21. The summed E-state index contributed by atoms with van der Waals surface area (Å²) in [5.41, 5.74) is 0.969. The lowest BCUT2D eigenvalue weighted by Crippen LogP contribution is -2.43. The quantitative estimate of drug-likeness (QED) is 0.920. The Bertz CT molecular complexity index is 662. The maximum Gasteiger partial charge on any atom is 0.243 e. The Morgan fingerprint density at radius 2 is 2.19 bits per heavy atom. The van der Waals surface area contributed by atoms with Crippen LogP contribution in [0.2, 0.25) is 0 Å². The third-order valence-corrected chi connectivity index (χ3v) is 6.04. The number of nitriles is 1. The zero-order valence-corrected chi connectivity index (χ0v) is 13.1. The number of benzene rings is 1. The molecule has 5 nitrogen and oxygen atoms in total. The fourth-order valence-electron chi connectivity index (χ4n) is 2.67. The molecule has 2 unspecified atom stereocenters. The van der Waals surface area contributed by atoms with Crippen molar-refractivity contribution in [3.05, 3.63) is 29.3 Å². The molecule has 0 amide bonds. The molecule has 1 heterocycles. The van der Waals surface area contributed by atoms with Gasteiger partial charge in [0.1, 0.15) is 0 Å². The molecule has 6 heteroatoms. The first-order chi connectivity index (χ1) is 9.86. The molecule has 2 rings (SSSR count). The predicted octanol–water partition coefficient (Wildman–Crippen LogP) is 1.65. The van der Waals surface area contributed by atoms with Gasteiger partial charge in [-0.3, -0.25) is 0 Å². The number of aliphatic hydroxyl groups is 1. The van der Waals surface area contributed by atoms with E-state index in [4.69, 9.17) is 5.26 Å². The molecule has 21 heavy (non-hydrogen) atoms. The summed E-state index contributed by atoms with van der Waals surface area (Å²) in [6, 6.07) is 6.67.